The third kappa shape index (κ3) is 12.0. The highest BCUT2D eigenvalue weighted by Gasteiger charge is 2.30. The minimum atomic E-state index is -0.744. The Hall–Kier alpha value is -0.0800. The van der Waals surface area contributed by atoms with E-state index in [0.717, 1.165) is 0 Å². The Morgan fingerprint density at radius 2 is 1.61 bits per heavy atom. The molecule has 0 aliphatic heterocycles. The molecule has 0 aliphatic rings. The molecular formula is C15H28BrNO4S2. The van der Waals surface area contributed by atoms with Gasteiger partial charge >= 0.3 is 12.1 Å². The van der Waals surface area contributed by atoms with Crippen LogP contribution in [0.25, 0.3) is 0 Å². The molecule has 0 fully saturated rings. The maximum absolute atomic E-state index is 12.4. The van der Waals surface area contributed by atoms with Gasteiger partial charge in [0.05, 0.1) is 0 Å². The lowest BCUT2D eigenvalue weighted by atomic mass is 10.1. The maximum atomic E-state index is 12.4. The molecule has 0 aliphatic carbocycles. The minimum absolute atomic E-state index is 0.164. The molecule has 8 heteroatoms. The van der Waals surface area contributed by atoms with Crippen LogP contribution < -0.4 is 5.32 Å². The highest BCUT2D eigenvalue weighted by atomic mass is 79.9. The minimum Gasteiger partial charge on any atom is -0.458 e. The lowest BCUT2D eigenvalue weighted by Crippen LogP contribution is -2.47. The fraction of sp³-hybridized carbons (Fsp3) is 0.867. The summed E-state index contributed by atoms with van der Waals surface area (Å²) in [6.07, 6.45) is 1.82. The third-order valence-electron chi connectivity index (χ3n) is 2.29. The number of ether oxygens (including phenoxy) is 2. The zero-order chi connectivity index (χ0) is 18.3. The number of alkyl halides is 1. The number of carbonyl (C=O) groups is 2. The first-order chi connectivity index (χ1) is 10.4. The lowest BCUT2D eigenvalue weighted by molar-refractivity contribution is -0.157. The summed E-state index contributed by atoms with van der Waals surface area (Å²) in [6.45, 7) is 10.7. The van der Waals surface area contributed by atoms with Crippen LogP contribution in [-0.2, 0) is 14.3 Å². The van der Waals surface area contributed by atoms with Crippen molar-refractivity contribution in [2.45, 2.75) is 70.5 Å². The Kier molecular flexibility index (Phi) is 10.00. The average molecular weight is 430 g/mol. The first-order valence-electron chi connectivity index (χ1n) is 7.35. The van der Waals surface area contributed by atoms with E-state index in [-0.39, 0.29) is 5.25 Å². The number of rotatable bonds is 7. The summed E-state index contributed by atoms with van der Waals surface area (Å²) < 4.78 is 10.7. The van der Waals surface area contributed by atoms with Crippen molar-refractivity contribution in [2.24, 2.45) is 0 Å². The van der Waals surface area contributed by atoms with E-state index in [4.69, 9.17) is 9.47 Å². The van der Waals surface area contributed by atoms with E-state index in [1.807, 2.05) is 6.26 Å². The normalized spacial score (nSPS) is 14.8. The summed E-state index contributed by atoms with van der Waals surface area (Å²) in [5.41, 5.74) is -1.23. The average Bonchev–Trinajstić information content (AvgIpc) is 2.32. The first kappa shape index (κ1) is 22.9. The molecular weight excluding hydrogens is 402 g/mol. The van der Waals surface area contributed by atoms with Crippen molar-refractivity contribution >= 4 is 49.6 Å². The van der Waals surface area contributed by atoms with Gasteiger partial charge in [-0.25, -0.2) is 9.59 Å². The van der Waals surface area contributed by atoms with Gasteiger partial charge in [-0.05, 0) is 54.2 Å². The van der Waals surface area contributed by atoms with Gasteiger partial charge in [-0.1, -0.05) is 37.5 Å². The highest BCUT2D eigenvalue weighted by Crippen LogP contribution is 2.29. The van der Waals surface area contributed by atoms with Gasteiger partial charge in [-0.15, -0.1) is 0 Å². The fourth-order valence-corrected chi connectivity index (χ4v) is 4.60. The molecule has 1 amide bonds. The van der Waals surface area contributed by atoms with Crippen LogP contribution in [0.5, 0.6) is 0 Å². The highest BCUT2D eigenvalue weighted by molar-refractivity contribution is 9.09. The van der Waals surface area contributed by atoms with Crippen molar-refractivity contribution in [1.82, 2.24) is 5.32 Å². The Balaban J connectivity index is 4.98. The van der Waals surface area contributed by atoms with Crippen LogP contribution in [0.1, 0.15) is 48.0 Å². The molecule has 23 heavy (non-hydrogen) atoms. The molecule has 0 heterocycles. The van der Waals surface area contributed by atoms with E-state index >= 15 is 0 Å². The van der Waals surface area contributed by atoms with Crippen molar-refractivity contribution < 1.29 is 19.1 Å². The number of hydrogen-bond donors (Lipinski definition) is 1. The zero-order valence-corrected chi connectivity index (χ0v) is 18.1. The third-order valence-corrected chi connectivity index (χ3v) is 5.71. The standard InChI is InChI=1S/C15H28BrNO4S2/c1-14(2,3)20-12(18)11(8-10(9-16)23-22-7)17-13(19)21-15(4,5)6/h10-11H,8-9H2,1-7H3,(H,17,19)/t10?,11-/m0/s1. The summed E-state index contributed by atoms with van der Waals surface area (Å²) in [5.74, 6) is -0.448. The number of hydrogen-bond acceptors (Lipinski definition) is 6. The molecule has 0 rings (SSSR count). The Morgan fingerprint density at radius 1 is 1.09 bits per heavy atom. The molecule has 0 aromatic rings. The van der Waals surface area contributed by atoms with Crippen molar-refractivity contribution in [1.29, 1.82) is 0 Å². The number of carbonyl (C=O) groups excluding carboxylic acids is 2. The van der Waals surface area contributed by atoms with E-state index in [0.29, 0.717) is 11.8 Å². The molecule has 0 aromatic heterocycles. The first-order valence-corrected chi connectivity index (χ1v) is 11.1. The molecule has 0 saturated carbocycles. The van der Waals surface area contributed by atoms with Gasteiger partial charge in [0.1, 0.15) is 17.2 Å². The van der Waals surface area contributed by atoms with Crippen LogP contribution in [0.4, 0.5) is 4.79 Å². The number of halogens is 1. The van der Waals surface area contributed by atoms with Crippen LogP contribution in [0, 0.1) is 0 Å². The van der Waals surface area contributed by atoms with Gasteiger partial charge in [0.25, 0.3) is 0 Å². The second-order valence-corrected chi connectivity index (χ2v) is 10.4. The van der Waals surface area contributed by atoms with Crippen LogP contribution in [0.2, 0.25) is 0 Å². The fourth-order valence-electron chi connectivity index (χ4n) is 1.56. The summed E-state index contributed by atoms with van der Waals surface area (Å²) in [4.78, 5) is 24.4. The number of amides is 1. The predicted molar refractivity (Wildman–Crippen MR) is 102 cm³/mol. The van der Waals surface area contributed by atoms with E-state index in [1.165, 1.54) is 0 Å². The summed E-state index contributed by atoms with van der Waals surface area (Å²) in [5, 5.41) is 3.52. The van der Waals surface area contributed by atoms with Gasteiger partial charge in [-0.3, -0.25) is 0 Å². The summed E-state index contributed by atoms with van der Waals surface area (Å²) >= 11 is 3.44. The van der Waals surface area contributed by atoms with Gasteiger partial charge in [0.2, 0.25) is 0 Å². The smallest absolute Gasteiger partial charge is 0.408 e. The van der Waals surface area contributed by atoms with E-state index in [2.05, 4.69) is 21.2 Å². The Morgan fingerprint density at radius 3 is 2.00 bits per heavy atom. The molecule has 0 aromatic carbocycles. The number of esters is 1. The van der Waals surface area contributed by atoms with Crippen molar-refractivity contribution in [2.75, 3.05) is 11.6 Å². The molecule has 0 saturated heterocycles. The largest absolute Gasteiger partial charge is 0.458 e. The van der Waals surface area contributed by atoms with Crippen molar-refractivity contribution in [3.8, 4) is 0 Å². The second-order valence-electron chi connectivity index (χ2n) is 7.01. The molecule has 5 nitrogen and oxygen atoms in total. The second kappa shape index (κ2) is 10.0. The van der Waals surface area contributed by atoms with Gasteiger partial charge in [0.15, 0.2) is 0 Å². The molecule has 1 N–H and O–H groups in total. The van der Waals surface area contributed by atoms with Crippen molar-refractivity contribution in [3.05, 3.63) is 0 Å². The SMILES string of the molecule is CSSC(CBr)C[C@H](NC(=O)OC(C)(C)C)C(=O)OC(C)(C)C. The van der Waals surface area contributed by atoms with Gasteiger partial charge in [-0.2, -0.15) is 0 Å². The van der Waals surface area contributed by atoms with E-state index in [1.54, 1.807) is 63.1 Å². The van der Waals surface area contributed by atoms with Crippen LogP contribution in [0.3, 0.4) is 0 Å². The monoisotopic (exact) mass is 429 g/mol. The zero-order valence-electron chi connectivity index (χ0n) is 14.9. The van der Waals surface area contributed by atoms with Crippen LogP contribution in [0.15, 0.2) is 0 Å². The topological polar surface area (TPSA) is 64.6 Å². The predicted octanol–water partition coefficient (Wildman–Crippen LogP) is 4.39. The van der Waals surface area contributed by atoms with Crippen molar-refractivity contribution in [3.63, 3.8) is 0 Å². The molecule has 2 atom stereocenters. The Bertz CT molecular complexity index is 394. The van der Waals surface area contributed by atoms with Crippen LogP contribution in [-0.4, -0.2) is 46.1 Å². The lowest BCUT2D eigenvalue weighted by Gasteiger charge is -2.27. The summed E-state index contributed by atoms with van der Waals surface area (Å²) in [6, 6.07) is -0.744. The summed E-state index contributed by atoms with van der Waals surface area (Å²) in [7, 11) is 3.27. The number of nitrogens with one attached hydrogen (secondary N) is 1. The quantitative estimate of drug-likeness (QED) is 0.367. The Labute approximate surface area is 155 Å². The maximum Gasteiger partial charge on any atom is 0.408 e. The molecule has 0 radical (unpaired) electrons. The van der Waals surface area contributed by atoms with E-state index in [9.17, 15) is 9.59 Å². The molecule has 0 spiro atoms. The molecule has 1 unspecified atom stereocenters. The molecule has 136 valence electrons. The van der Waals surface area contributed by atoms with Gasteiger partial charge < -0.3 is 14.8 Å². The van der Waals surface area contributed by atoms with Gasteiger partial charge in [0, 0.05) is 10.6 Å². The molecule has 0 bridgehead atoms. The van der Waals surface area contributed by atoms with E-state index < -0.39 is 29.3 Å². The van der Waals surface area contributed by atoms with Crippen LogP contribution >= 0.6 is 37.5 Å². The number of alkyl carbamates (subject to hydrolysis) is 1.